The zero-order valence-electron chi connectivity index (χ0n) is 14.5. The molecule has 1 aliphatic rings. The third-order valence-corrected chi connectivity index (χ3v) is 6.58. The molecule has 2 aromatic carbocycles. The van der Waals surface area contributed by atoms with Gasteiger partial charge in [-0.15, -0.1) is 0 Å². The molecule has 3 rings (SSSR count). The largest absolute Gasteiger partial charge is 0.323 e. The molecule has 136 valence electrons. The number of piperidine rings is 1. The van der Waals surface area contributed by atoms with Gasteiger partial charge in [-0.1, -0.05) is 36.9 Å². The average Bonchev–Trinajstić information content (AvgIpc) is 2.69. The van der Waals surface area contributed by atoms with E-state index in [1.54, 1.807) is 16.4 Å². The molecule has 2 aromatic rings. The lowest BCUT2D eigenvalue weighted by Gasteiger charge is -2.31. The van der Waals surface area contributed by atoms with Gasteiger partial charge in [0, 0.05) is 18.8 Å². The summed E-state index contributed by atoms with van der Waals surface area (Å²) in [5.41, 5.74) is 1.81. The number of benzene rings is 2. The Bertz CT molecular complexity index is 869. The lowest BCUT2D eigenvalue weighted by molar-refractivity contribution is -0.111. The molecule has 6 heteroatoms. The van der Waals surface area contributed by atoms with E-state index < -0.39 is 10.0 Å². The summed E-state index contributed by atoms with van der Waals surface area (Å²) in [6, 6.07) is 16.5. The first kappa shape index (κ1) is 18.4. The molecule has 1 N–H and O–H groups in total. The summed E-state index contributed by atoms with van der Waals surface area (Å²) < 4.78 is 27.2. The number of hydrogen-bond donors (Lipinski definition) is 1. The maximum Gasteiger partial charge on any atom is 0.247 e. The Morgan fingerprint density at radius 2 is 1.65 bits per heavy atom. The van der Waals surface area contributed by atoms with Gasteiger partial charge >= 0.3 is 0 Å². The summed E-state index contributed by atoms with van der Waals surface area (Å²) in [5.74, 6) is 0.0720. The molecular weight excluding hydrogens is 348 g/mol. The van der Waals surface area contributed by atoms with Crippen molar-refractivity contribution in [1.82, 2.24) is 4.31 Å². The van der Waals surface area contributed by atoms with Crippen LogP contribution in [0.4, 0.5) is 5.69 Å². The number of sulfonamides is 1. The molecule has 1 heterocycles. The molecule has 0 aromatic heterocycles. The van der Waals surface area contributed by atoms with Gasteiger partial charge in [0.25, 0.3) is 0 Å². The maximum absolute atomic E-state index is 12.8. The van der Waals surface area contributed by atoms with E-state index in [-0.39, 0.29) is 10.8 Å². The molecule has 0 saturated carbocycles. The standard InChI is InChI=1S/C20H22N2O3S/c1-2-20(23)21-18-8-10-19(11-9-18)26(24,25)22-14-12-17(13-15-22)16-6-4-3-5-7-16/h2-11,17H,1,12-15H2,(H,21,23). The van der Waals surface area contributed by atoms with Crippen LogP contribution in [0.15, 0.2) is 72.1 Å². The van der Waals surface area contributed by atoms with Crippen molar-refractivity contribution in [3.8, 4) is 0 Å². The summed E-state index contributed by atoms with van der Waals surface area (Å²) >= 11 is 0. The Kier molecular flexibility index (Phi) is 5.54. The van der Waals surface area contributed by atoms with Crippen molar-refractivity contribution >= 4 is 21.6 Å². The third-order valence-electron chi connectivity index (χ3n) is 4.67. The Labute approximate surface area is 154 Å². The highest BCUT2D eigenvalue weighted by molar-refractivity contribution is 7.89. The van der Waals surface area contributed by atoms with Crippen molar-refractivity contribution in [2.75, 3.05) is 18.4 Å². The fraction of sp³-hybridized carbons (Fsp3) is 0.250. The summed E-state index contributed by atoms with van der Waals surface area (Å²) in [6.45, 7) is 4.41. The van der Waals surface area contributed by atoms with Crippen molar-refractivity contribution in [2.24, 2.45) is 0 Å². The van der Waals surface area contributed by atoms with Gasteiger partial charge in [-0.3, -0.25) is 4.79 Å². The van der Waals surface area contributed by atoms with Gasteiger partial charge in [0.15, 0.2) is 0 Å². The Morgan fingerprint density at radius 1 is 1.04 bits per heavy atom. The predicted molar refractivity (Wildman–Crippen MR) is 102 cm³/mol. The monoisotopic (exact) mass is 370 g/mol. The zero-order chi connectivity index (χ0) is 18.6. The number of nitrogens with one attached hydrogen (secondary N) is 1. The minimum atomic E-state index is -3.52. The van der Waals surface area contributed by atoms with Crippen molar-refractivity contribution in [2.45, 2.75) is 23.7 Å². The number of amides is 1. The minimum absolute atomic E-state index is 0.243. The van der Waals surface area contributed by atoms with Crippen molar-refractivity contribution in [3.05, 3.63) is 72.8 Å². The number of rotatable bonds is 5. The van der Waals surface area contributed by atoms with Gasteiger partial charge in [-0.25, -0.2) is 8.42 Å². The molecule has 1 aliphatic heterocycles. The molecule has 0 radical (unpaired) electrons. The first-order valence-electron chi connectivity index (χ1n) is 8.59. The van der Waals surface area contributed by atoms with Crippen LogP contribution >= 0.6 is 0 Å². The number of anilines is 1. The summed E-state index contributed by atoms with van der Waals surface area (Å²) in [6.07, 6.45) is 2.80. The van der Waals surface area contributed by atoms with Crippen LogP contribution in [0, 0.1) is 0 Å². The molecule has 5 nitrogen and oxygen atoms in total. The third kappa shape index (κ3) is 4.03. The second-order valence-corrected chi connectivity index (χ2v) is 8.24. The van der Waals surface area contributed by atoms with E-state index in [9.17, 15) is 13.2 Å². The number of hydrogen-bond acceptors (Lipinski definition) is 3. The lowest BCUT2D eigenvalue weighted by atomic mass is 9.90. The molecule has 0 unspecified atom stereocenters. The lowest BCUT2D eigenvalue weighted by Crippen LogP contribution is -2.37. The van der Waals surface area contributed by atoms with E-state index in [1.165, 1.54) is 23.8 Å². The predicted octanol–water partition coefficient (Wildman–Crippen LogP) is 3.38. The molecule has 26 heavy (non-hydrogen) atoms. The van der Waals surface area contributed by atoms with Crippen molar-refractivity contribution in [1.29, 1.82) is 0 Å². The van der Waals surface area contributed by atoms with E-state index >= 15 is 0 Å². The molecule has 1 fully saturated rings. The zero-order valence-corrected chi connectivity index (χ0v) is 15.3. The summed E-state index contributed by atoms with van der Waals surface area (Å²) in [7, 11) is -3.52. The first-order valence-corrected chi connectivity index (χ1v) is 10.0. The topological polar surface area (TPSA) is 66.5 Å². The second-order valence-electron chi connectivity index (χ2n) is 6.31. The van der Waals surface area contributed by atoms with Crippen LogP contribution in [-0.4, -0.2) is 31.7 Å². The smallest absolute Gasteiger partial charge is 0.247 e. The van der Waals surface area contributed by atoms with Gasteiger partial charge in [-0.2, -0.15) is 4.31 Å². The Morgan fingerprint density at radius 3 is 2.23 bits per heavy atom. The van der Waals surface area contributed by atoms with Crippen LogP contribution in [0.1, 0.15) is 24.3 Å². The van der Waals surface area contributed by atoms with E-state index in [0.717, 1.165) is 12.8 Å². The van der Waals surface area contributed by atoms with E-state index in [1.807, 2.05) is 18.2 Å². The van der Waals surface area contributed by atoms with Crippen LogP contribution in [0.2, 0.25) is 0 Å². The van der Waals surface area contributed by atoms with E-state index in [0.29, 0.717) is 24.7 Å². The molecule has 1 amide bonds. The van der Waals surface area contributed by atoms with Crippen LogP contribution < -0.4 is 5.32 Å². The van der Waals surface area contributed by atoms with Crippen molar-refractivity contribution < 1.29 is 13.2 Å². The molecule has 0 spiro atoms. The fourth-order valence-electron chi connectivity index (χ4n) is 3.21. The molecular formula is C20H22N2O3S. The second kappa shape index (κ2) is 7.85. The molecule has 0 atom stereocenters. The number of nitrogens with zero attached hydrogens (tertiary/aromatic N) is 1. The van der Waals surface area contributed by atoms with Gasteiger partial charge in [-0.05, 0) is 54.7 Å². The van der Waals surface area contributed by atoms with Crippen molar-refractivity contribution in [3.63, 3.8) is 0 Å². The van der Waals surface area contributed by atoms with Crippen LogP contribution in [0.3, 0.4) is 0 Å². The van der Waals surface area contributed by atoms with Gasteiger partial charge < -0.3 is 5.32 Å². The highest BCUT2D eigenvalue weighted by Crippen LogP contribution is 2.30. The Hall–Kier alpha value is -2.44. The number of carbonyl (C=O) groups excluding carboxylic acids is 1. The SMILES string of the molecule is C=CC(=O)Nc1ccc(S(=O)(=O)N2CCC(c3ccccc3)CC2)cc1. The minimum Gasteiger partial charge on any atom is -0.323 e. The van der Waals surface area contributed by atoms with E-state index in [4.69, 9.17) is 0 Å². The normalized spacial score (nSPS) is 16.2. The molecule has 1 saturated heterocycles. The van der Waals surface area contributed by atoms with Crippen LogP contribution in [0.25, 0.3) is 0 Å². The average molecular weight is 370 g/mol. The maximum atomic E-state index is 12.8. The van der Waals surface area contributed by atoms with Crippen LogP contribution in [0.5, 0.6) is 0 Å². The fourth-order valence-corrected chi connectivity index (χ4v) is 4.68. The molecule has 0 bridgehead atoms. The highest BCUT2D eigenvalue weighted by Gasteiger charge is 2.29. The number of carbonyl (C=O) groups is 1. The van der Waals surface area contributed by atoms with Gasteiger partial charge in [0.05, 0.1) is 4.90 Å². The molecule has 0 aliphatic carbocycles. The summed E-state index contributed by atoms with van der Waals surface area (Å²) in [4.78, 5) is 11.5. The van der Waals surface area contributed by atoms with E-state index in [2.05, 4.69) is 24.0 Å². The van der Waals surface area contributed by atoms with Gasteiger partial charge in [0.2, 0.25) is 15.9 Å². The summed E-state index contributed by atoms with van der Waals surface area (Å²) in [5, 5.41) is 2.61. The van der Waals surface area contributed by atoms with Gasteiger partial charge in [0.1, 0.15) is 0 Å². The Balaban J connectivity index is 1.67. The highest BCUT2D eigenvalue weighted by atomic mass is 32.2. The quantitative estimate of drug-likeness (QED) is 0.821. The first-order chi connectivity index (χ1) is 12.5. The van der Waals surface area contributed by atoms with Crippen LogP contribution in [-0.2, 0) is 14.8 Å².